The van der Waals surface area contributed by atoms with Crippen LogP contribution in [0.1, 0.15) is 18.7 Å². The minimum Gasteiger partial charge on any atom is -0.326 e. The summed E-state index contributed by atoms with van der Waals surface area (Å²) in [6.45, 7) is 5.97. The standard InChI is InChI=1S/C10H17BrN2O2S2/c1-6(2)8(12)5-13-17(14,15)9-4-10(11)16-7(9)3/h4,6,8,13H,5,12H2,1-3H3. The first-order valence-electron chi connectivity index (χ1n) is 5.25. The Labute approximate surface area is 115 Å². The van der Waals surface area contributed by atoms with Crippen LogP contribution in [0.15, 0.2) is 14.7 Å². The molecule has 1 atom stereocenters. The molecule has 17 heavy (non-hydrogen) atoms. The van der Waals surface area contributed by atoms with Gasteiger partial charge in [0, 0.05) is 17.5 Å². The van der Waals surface area contributed by atoms with Crippen molar-refractivity contribution in [1.82, 2.24) is 4.72 Å². The first-order valence-corrected chi connectivity index (χ1v) is 8.34. The molecule has 1 heterocycles. The summed E-state index contributed by atoms with van der Waals surface area (Å²) >= 11 is 4.68. The average molecular weight is 341 g/mol. The summed E-state index contributed by atoms with van der Waals surface area (Å²) in [6, 6.07) is 1.44. The zero-order valence-electron chi connectivity index (χ0n) is 10.0. The Hall–Kier alpha value is 0.0500. The average Bonchev–Trinajstić information content (AvgIpc) is 2.55. The lowest BCUT2D eigenvalue weighted by molar-refractivity contribution is 0.481. The fourth-order valence-electron chi connectivity index (χ4n) is 1.22. The van der Waals surface area contributed by atoms with Crippen molar-refractivity contribution in [3.8, 4) is 0 Å². The molecule has 4 nitrogen and oxygen atoms in total. The van der Waals surface area contributed by atoms with E-state index in [2.05, 4.69) is 20.7 Å². The third-order valence-electron chi connectivity index (χ3n) is 2.50. The van der Waals surface area contributed by atoms with E-state index in [1.54, 1.807) is 13.0 Å². The Morgan fingerprint density at radius 3 is 2.53 bits per heavy atom. The van der Waals surface area contributed by atoms with Gasteiger partial charge in [0.1, 0.15) is 0 Å². The predicted octanol–water partition coefficient (Wildman–Crippen LogP) is 2.08. The minimum atomic E-state index is -3.45. The number of sulfonamides is 1. The number of nitrogens with two attached hydrogens (primary N) is 1. The molecule has 0 aliphatic heterocycles. The molecular formula is C10H17BrN2O2S2. The van der Waals surface area contributed by atoms with Gasteiger partial charge in [0.25, 0.3) is 0 Å². The molecule has 7 heteroatoms. The van der Waals surface area contributed by atoms with Gasteiger partial charge in [-0.3, -0.25) is 0 Å². The zero-order chi connectivity index (χ0) is 13.2. The van der Waals surface area contributed by atoms with Crippen molar-refractivity contribution in [1.29, 1.82) is 0 Å². The molecule has 3 N–H and O–H groups in total. The van der Waals surface area contributed by atoms with Crippen molar-refractivity contribution in [3.63, 3.8) is 0 Å². The van der Waals surface area contributed by atoms with Crippen LogP contribution >= 0.6 is 27.3 Å². The van der Waals surface area contributed by atoms with Gasteiger partial charge in [0.15, 0.2) is 0 Å². The number of nitrogens with one attached hydrogen (secondary N) is 1. The van der Waals surface area contributed by atoms with Crippen LogP contribution in [0.3, 0.4) is 0 Å². The van der Waals surface area contributed by atoms with E-state index in [1.165, 1.54) is 11.3 Å². The summed E-state index contributed by atoms with van der Waals surface area (Å²) in [6.07, 6.45) is 0. The second-order valence-corrected chi connectivity index (χ2v) is 8.60. The third-order valence-corrected chi connectivity index (χ3v) is 5.73. The minimum absolute atomic E-state index is 0.174. The highest BCUT2D eigenvalue weighted by Crippen LogP contribution is 2.29. The van der Waals surface area contributed by atoms with E-state index >= 15 is 0 Å². The predicted molar refractivity (Wildman–Crippen MR) is 74.8 cm³/mol. The summed E-state index contributed by atoms with van der Waals surface area (Å²) in [4.78, 5) is 1.09. The van der Waals surface area contributed by atoms with Gasteiger partial charge in [-0.25, -0.2) is 13.1 Å². The normalized spacial score (nSPS) is 14.2. The number of hydrogen-bond donors (Lipinski definition) is 2. The van der Waals surface area contributed by atoms with E-state index in [4.69, 9.17) is 5.73 Å². The molecule has 0 aliphatic rings. The summed E-state index contributed by atoms with van der Waals surface area (Å²) in [5, 5.41) is 0. The summed E-state index contributed by atoms with van der Waals surface area (Å²) in [5.74, 6) is 0.244. The Bertz CT molecular complexity index is 482. The van der Waals surface area contributed by atoms with Crippen LogP contribution in [0.25, 0.3) is 0 Å². The van der Waals surface area contributed by atoms with Crippen LogP contribution in [-0.4, -0.2) is 21.0 Å². The molecule has 0 aliphatic carbocycles. The number of rotatable bonds is 5. The molecule has 0 saturated carbocycles. The Balaban J connectivity index is 2.80. The van der Waals surface area contributed by atoms with Gasteiger partial charge < -0.3 is 5.73 Å². The fraction of sp³-hybridized carbons (Fsp3) is 0.600. The smallest absolute Gasteiger partial charge is 0.241 e. The molecule has 0 aromatic carbocycles. The Kier molecular flexibility index (Phi) is 5.15. The summed E-state index contributed by atoms with van der Waals surface area (Å²) in [7, 11) is -3.45. The van der Waals surface area contributed by atoms with Gasteiger partial charge in [-0.1, -0.05) is 13.8 Å². The van der Waals surface area contributed by atoms with Crippen LogP contribution in [0.4, 0.5) is 0 Å². The maximum Gasteiger partial charge on any atom is 0.241 e. The van der Waals surface area contributed by atoms with E-state index in [9.17, 15) is 8.42 Å². The number of halogens is 1. The van der Waals surface area contributed by atoms with Gasteiger partial charge in [0.05, 0.1) is 8.68 Å². The van der Waals surface area contributed by atoms with Crippen molar-refractivity contribution < 1.29 is 8.42 Å². The molecule has 0 amide bonds. The van der Waals surface area contributed by atoms with E-state index in [-0.39, 0.29) is 18.5 Å². The van der Waals surface area contributed by atoms with Crippen LogP contribution in [0.2, 0.25) is 0 Å². The summed E-state index contributed by atoms with van der Waals surface area (Å²) < 4.78 is 27.4. The second kappa shape index (κ2) is 5.79. The summed E-state index contributed by atoms with van der Waals surface area (Å²) in [5.41, 5.74) is 5.81. The molecule has 1 rings (SSSR count). The lowest BCUT2D eigenvalue weighted by Crippen LogP contribution is -2.40. The highest BCUT2D eigenvalue weighted by atomic mass is 79.9. The van der Waals surface area contributed by atoms with E-state index in [0.29, 0.717) is 4.90 Å². The lowest BCUT2D eigenvalue weighted by atomic mass is 10.1. The van der Waals surface area contributed by atoms with Crippen molar-refractivity contribution in [2.24, 2.45) is 11.7 Å². The van der Waals surface area contributed by atoms with Crippen molar-refractivity contribution in [2.75, 3.05) is 6.54 Å². The zero-order valence-corrected chi connectivity index (χ0v) is 13.2. The Morgan fingerprint density at radius 2 is 2.12 bits per heavy atom. The topological polar surface area (TPSA) is 72.2 Å². The number of aryl methyl sites for hydroxylation is 1. The largest absolute Gasteiger partial charge is 0.326 e. The molecule has 0 spiro atoms. The molecule has 0 saturated heterocycles. The van der Waals surface area contributed by atoms with E-state index < -0.39 is 10.0 Å². The molecule has 0 bridgehead atoms. The maximum absolute atomic E-state index is 12.0. The highest BCUT2D eigenvalue weighted by Gasteiger charge is 2.20. The first-order chi connectivity index (χ1) is 7.74. The fourth-order valence-corrected chi connectivity index (χ4v) is 4.70. The third kappa shape index (κ3) is 4.03. The van der Waals surface area contributed by atoms with Crippen LogP contribution in [0.5, 0.6) is 0 Å². The van der Waals surface area contributed by atoms with Crippen LogP contribution < -0.4 is 10.5 Å². The van der Waals surface area contributed by atoms with Gasteiger partial charge >= 0.3 is 0 Å². The highest BCUT2D eigenvalue weighted by molar-refractivity contribution is 9.11. The molecule has 1 aromatic heterocycles. The van der Waals surface area contributed by atoms with E-state index in [1.807, 2.05) is 13.8 Å². The maximum atomic E-state index is 12.0. The Morgan fingerprint density at radius 1 is 1.53 bits per heavy atom. The van der Waals surface area contributed by atoms with Crippen LogP contribution in [0, 0.1) is 12.8 Å². The molecular weight excluding hydrogens is 324 g/mol. The molecule has 0 radical (unpaired) electrons. The molecule has 1 aromatic rings. The van der Waals surface area contributed by atoms with Crippen molar-refractivity contribution >= 4 is 37.3 Å². The van der Waals surface area contributed by atoms with Crippen molar-refractivity contribution in [3.05, 3.63) is 14.7 Å². The molecule has 1 unspecified atom stereocenters. The SMILES string of the molecule is Cc1sc(Br)cc1S(=O)(=O)NCC(N)C(C)C. The lowest BCUT2D eigenvalue weighted by Gasteiger charge is -2.16. The molecule has 98 valence electrons. The second-order valence-electron chi connectivity index (χ2n) is 4.23. The van der Waals surface area contributed by atoms with Gasteiger partial charge in [-0.05, 0) is 34.8 Å². The van der Waals surface area contributed by atoms with E-state index in [0.717, 1.165) is 8.66 Å². The first kappa shape index (κ1) is 15.1. The number of thiophene rings is 1. The quantitative estimate of drug-likeness (QED) is 0.861. The monoisotopic (exact) mass is 340 g/mol. The van der Waals surface area contributed by atoms with Crippen molar-refractivity contribution in [2.45, 2.75) is 31.7 Å². The number of hydrogen-bond acceptors (Lipinski definition) is 4. The van der Waals surface area contributed by atoms with Gasteiger partial charge in [-0.15, -0.1) is 11.3 Å². The van der Waals surface area contributed by atoms with Gasteiger partial charge in [-0.2, -0.15) is 0 Å². The van der Waals surface area contributed by atoms with Gasteiger partial charge in [0.2, 0.25) is 10.0 Å². The molecule has 0 fully saturated rings. The van der Waals surface area contributed by atoms with Crippen LogP contribution in [-0.2, 0) is 10.0 Å².